The molecule has 1 heterocycles. The predicted octanol–water partition coefficient (Wildman–Crippen LogP) is 6.26. The van der Waals surface area contributed by atoms with E-state index in [0.717, 1.165) is 49.3 Å². The van der Waals surface area contributed by atoms with Gasteiger partial charge >= 0.3 is 12.0 Å². The first kappa shape index (κ1) is 26.0. The highest BCUT2D eigenvalue weighted by Crippen LogP contribution is 2.34. The molecule has 2 saturated carbocycles. The van der Waals surface area contributed by atoms with Crippen LogP contribution in [0.1, 0.15) is 63.4 Å². The molecule has 0 aliphatic heterocycles. The number of thioether (sulfide) groups is 1. The Morgan fingerprint density at radius 2 is 1.77 bits per heavy atom. The van der Waals surface area contributed by atoms with Crippen LogP contribution in [0.3, 0.4) is 0 Å². The third-order valence-electron chi connectivity index (χ3n) is 6.91. The van der Waals surface area contributed by atoms with Crippen LogP contribution in [0.5, 0.6) is 0 Å². The Labute approximate surface area is 215 Å². The molecule has 0 radical (unpaired) electrons. The van der Waals surface area contributed by atoms with Gasteiger partial charge in [0.05, 0.1) is 22.8 Å². The minimum Gasteiger partial charge on any atom is -0.481 e. The van der Waals surface area contributed by atoms with Gasteiger partial charge in [-0.1, -0.05) is 60.9 Å². The molecule has 0 spiro atoms. The number of anilines is 1. The average Bonchev–Trinajstić information content (AvgIpc) is 3.32. The minimum atomic E-state index is -0.862. The van der Waals surface area contributed by atoms with Gasteiger partial charge in [0.1, 0.15) is 0 Å². The highest BCUT2D eigenvalue weighted by atomic mass is 32.2. The van der Waals surface area contributed by atoms with Crippen molar-refractivity contribution < 1.29 is 19.4 Å². The molecule has 2 N–H and O–H groups in total. The van der Waals surface area contributed by atoms with Crippen LogP contribution in [0, 0.1) is 5.92 Å². The molecule has 2 fully saturated rings. The fourth-order valence-corrected chi connectivity index (χ4v) is 6.75. The lowest BCUT2D eigenvalue weighted by atomic mass is 9.84. The molecule has 2 amide bonds. The third kappa shape index (κ3) is 7.95. The second-order valence-electron chi connectivity index (χ2n) is 9.47. The molecular formula is C26H35N3O4S2. The Morgan fingerprint density at radius 1 is 1.06 bits per heavy atom. The number of aliphatic carboxylic acids is 1. The van der Waals surface area contributed by atoms with Crippen molar-refractivity contribution >= 4 is 40.2 Å². The van der Waals surface area contributed by atoms with Crippen molar-refractivity contribution in [1.82, 2.24) is 9.88 Å². The zero-order chi connectivity index (χ0) is 24.5. The summed E-state index contributed by atoms with van der Waals surface area (Å²) >= 11 is 2.56. The lowest BCUT2D eigenvalue weighted by Crippen LogP contribution is -2.51. The number of carboxylic acid groups (broad SMARTS) is 1. The zero-order valence-corrected chi connectivity index (χ0v) is 21.7. The quantitative estimate of drug-likeness (QED) is 0.361. The Bertz CT molecular complexity index is 941. The summed E-state index contributed by atoms with van der Waals surface area (Å²) in [5.41, 5.74) is 1.20. The van der Waals surface area contributed by atoms with E-state index in [0.29, 0.717) is 17.7 Å². The van der Waals surface area contributed by atoms with E-state index in [4.69, 9.17) is 9.84 Å². The molecule has 4 rings (SSSR count). The monoisotopic (exact) mass is 517 g/mol. The van der Waals surface area contributed by atoms with E-state index in [2.05, 4.69) is 27.3 Å². The van der Waals surface area contributed by atoms with Crippen LogP contribution in [0.4, 0.5) is 9.93 Å². The second-order valence-corrected chi connectivity index (χ2v) is 11.8. The van der Waals surface area contributed by atoms with Crippen molar-refractivity contribution in [2.24, 2.45) is 5.92 Å². The van der Waals surface area contributed by atoms with E-state index in [1.54, 1.807) is 6.20 Å². The number of nitrogens with zero attached hydrogens (tertiary/aromatic N) is 2. The van der Waals surface area contributed by atoms with Crippen molar-refractivity contribution in [3.63, 3.8) is 0 Å². The van der Waals surface area contributed by atoms with Crippen LogP contribution >= 0.6 is 23.1 Å². The first-order valence-electron chi connectivity index (χ1n) is 12.6. The highest BCUT2D eigenvalue weighted by Gasteiger charge is 2.34. The minimum absolute atomic E-state index is 0.0118. The summed E-state index contributed by atoms with van der Waals surface area (Å²) < 4.78 is 6.79. The van der Waals surface area contributed by atoms with Gasteiger partial charge in [0.15, 0.2) is 5.13 Å². The molecule has 1 aromatic heterocycles. The van der Waals surface area contributed by atoms with Gasteiger partial charge in [-0.25, -0.2) is 9.78 Å². The topological polar surface area (TPSA) is 91.8 Å². The van der Waals surface area contributed by atoms with E-state index in [9.17, 15) is 9.59 Å². The number of hydrogen-bond acceptors (Lipinski definition) is 6. The van der Waals surface area contributed by atoms with E-state index in [1.807, 2.05) is 18.2 Å². The summed E-state index contributed by atoms with van der Waals surface area (Å²) in [6.45, 7) is 1.42. The highest BCUT2D eigenvalue weighted by molar-refractivity contribution is 8.01. The molecule has 0 atom stereocenters. The molecule has 2 aliphatic carbocycles. The number of aromatic nitrogens is 1. The Hall–Kier alpha value is -2.10. The summed E-state index contributed by atoms with van der Waals surface area (Å²) in [4.78, 5) is 30.7. The molecule has 35 heavy (non-hydrogen) atoms. The molecule has 2 aliphatic rings. The number of carbonyl (C=O) groups is 2. The summed E-state index contributed by atoms with van der Waals surface area (Å²) in [6.07, 6.45) is 11.5. The van der Waals surface area contributed by atoms with Crippen molar-refractivity contribution in [3.05, 3.63) is 42.1 Å². The molecule has 7 nitrogen and oxygen atoms in total. The van der Waals surface area contributed by atoms with Gasteiger partial charge in [-0.2, -0.15) is 0 Å². The van der Waals surface area contributed by atoms with Gasteiger partial charge in [-0.3, -0.25) is 10.1 Å². The lowest BCUT2D eigenvalue weighted by molar-refractivity contribution is -0.133. The van der Waals surface area contributed by atoms with Gasteiger partial charge in [0.25, 0.3) is 0 Å². The third-order valence-corrected chi connectivity index (χ3v) is 9.01. The number of nitrogens with one attached hydrogen (secondary N) is 1. The first-order chi connectivity index (χ1) is 17.1. The van der Waals surface area contributed by atoms with Crippen molar-refractivity contribution in [1.29, 1.82) is 0 Å². The van der Waals surface area contributed by atoms with Gasteiger partial charge in [0.2, 0.25) is 0 Å². The molecule has 2 aromatic rings. The SMILES string of the molecule is O=C(O)CSc1cnc(NC(=O)N(C2CCCCC2)C2CCC(COCc3ccccc3)CC2)s1. The number of rotatable bonds is 10. The van der Waals surface area contributed by atoms with E-state index >= 15 is 0 Å². The average molecular weight is 518 g/mol. The molecule has 0 unspecified atom stereocenters. The number of urea groups is 1. The standard InChI is InChI=1S/C26H35N3O4S2/c30-23(31)18-34-24-15-27-25(35-24)28-26(32)29(21-9-5-2-6-10-21)22-13-11-20(12-14-22)17-33-16-19-7-3-1-4-8-19/h1,3-4,7-8,15,20-22H,2,5-6,9-14,16-18H2,(H,30,31)(H,27,28,32). The number of amides is 2. The zero-order valence-electron chi connectivity index (χ0n) is 20.1. The number of carbonyl (C=O) groups excluding carboxylic acids is 1. The Balaban J connectivity index is 1.31. The Kier molecular flexibility index (Phi) is 9.85. The van der Waals surface area contributed by atoms with Crippen LogP contribution in [0.2, 0.25) is 0 Å². The summed E-state index contributed by atoms with van der Waals surface area (Å²) in [7, 11) is 0. The number of thiazole rings is 1. The fraction of sp³-hybridized carbons (Fsp3) is 0.577. The first-order valence-corrected chi connectivity index (χ1v) is 14.4. The maximum Gasteiger partial charge on any atom is 0.324 e. The second kappa shape index (κ2) is 13.3. The number of benzene rings is 1. The molecule has 190 valence electrons. The van der Waals surface area contributed by atoms with Gasteiger partial charge in [0, 0.05) is 18.7 Å². The smallest absolute Gasteiger partial charge is 0.324 e. The van der Waals surface area contributed by atoms with Crippen LogP contribution in [0.25, 0.3) is 0 Å². The van der Waals surface area contributed by atoms with Gasteiger partial charge in [-0.15, -0.1) is 11.8 Å². The van der Waals surface area contributed by atoms with Crippen LogP contribution in [0.15, 0.2) is 40.7 Å². The molecule has 0 saturated heterocycles. The maximum atomic E-state index is 13.5. The van der Waals surface area contributed by atoms with Gasteiger partial charge < -0.3 is 14.7 Å². The number of carboxylic acids is 1. The van der Waals surface area contributed by atoms with Gasteiger partial charge in [-0.05, 0) is 50.0 Å². The fourth-order valence-electron chi connectivity index (χ4n) is 5.17. The predicted molar refractivity (Wildman–Crippen MR) is 140 cm³/mol. The summed E-state index contributed by atoms with van der Waals surface area (Å²) in [5.74, 6) is -0.334. The molecule has 9 heteroatoms. The summed E-state index contributed by atoms with van der Waals surface area (Å²) in [6, 6.07) is 10.7. The number of hydrogen-bond donors (Lipinski definition) is 2. The molecule has 0 bridgehead atoms. The number of ether oxygens (including phenoxy) is 1. The molecule has 1 aromatic carbocycles. The normalized spacial score (nSPS) is 20.9. The van der Waals surface area contributed by atoms with E-state index in [1.165, 1.54) is 47.9 Å². The van der Waals surface area contributed by atoms with E-state index in [-0.39, 0.29) is 23.9 Å². The van der Waals surface area contributed by atoms with E-state index < -0.39 is 5.97 Å². The largest absolute Gasteiger partial charge is 0.481 e. The van der Waals surface area contributed by atoms with Crippen molar-refractivity contribution in [2.75, 3.05) is 17.7 Å². The van der Waals surface area contributed by atoms with Crippen molar-refractivity contribution in [2.45, 2.75) is 80.7 Å². The van der Waals surface area contributed by atoms with Crippen LogP contribution in [-0.4, -0.2) is 51.4 Å². The molecular weight excluding hydrogens is 482 g/mol. The van der Waals surface area contributed by atoms with Crippen LogP contribution < -0.4 is 5.32 Å². The van der Waals surface area contributed by atoms with Crippen LogP contribution in [-0.2, 0) is 16.1 Å². The maximum absolute atomic E-state index is 13.5. The Morgan fingerprint density at radius 3 is 2.49 bits per heavy atom. The summed E-state index contributed by atoms with van der Waals surface area (Å²) in [5, 5.41) is 12.4. The van der Waals surface area contributed by atoms with Crippen molar-refractivity contribution in [3.8, 4) is 0 Å². The lowest BCUT2D eigenvalue weighted by Gasteiger charge is -2.42.